The predicted molar refractivity (Wildman–Crippen MR) is 62.4 cm³/mol. The third kappa shape index (κ3) is 3.30. The highest BCUT2D eigenvalue weighted by molar-refractivity contribution is 5.77. The van der Waals surface area contributed by atoms with E-state index >= 15 is 0 Å². The van der Waals surface area contributed by atoms with Crippen LogP contribution in [0, 0.1) is 0 Å². The minimum absolute atomic E-state index is 0.247. The fraction of sp³-hybridized carbons (Fsp3) is 0.545. The van der Waals surface area contributed by atoms with Crippen molar-refractivity contribution >= 4 is 11.7 Å². The average molecular weight is 236 g/mol. The molecule has 0 spiro atoms. The van der Waals surface area contributed by atoms with Gasteiger partial charge in [-0.05, 0) is 12.8 Å². The van der Waals surface area contributed by atoms with Crippen LogP contribution in [-0.2, 0) is 4.79 Å². The molecule has 1 amide bonds. The van der Waals surface area contributed by atoms with E-state index in [0.29, 0.717) is 24.7 Å². The Hall–Kier alpha value is -1.85. The first-order valence-electron chi connectivity index (χ1n) is 5.74. The molecule has 6 heteroatoms. The quantitative estimate of drug-likeness (QED) is 0.751. The topological polar surface area (TPSA) is 81.3 Å². The monoisotopic (exact) mass is 236 g/mol. The molecule has 1 aromatic rings. The maximum Gasteiger partial charge on any atom is 0.222 e. The van der Waals surface area contributed by atoms with Gasteiger partial charge in [0.1, 0.15) is 12.1 Å². The van der Waals surface area contributed by atoms with Gasteiger partial charge in [0.05, 0.1) is 6.61 Å². The number of carbonyl (C=O) groups is 1. The number of hydrogen-bond acceptors (Lipinski definition) is 5. The summed E-state index contributed by atoms with van der Waals surface area (Å²) in [6.45, 7) is 2.15. The molecule has 0 radical (unpaired) electrons. The van der Waals surface area contributed by atoms with Crippen molar-refractivity contribution < 1.29 is 9.53 Å². The number of hydrogen-bond donors (Lipinski definition) is 1. The van der Waals surface area contributed by atoms with Crippen molar-refractivity contribution in [2.24, 2.45) is 0 Å². The number of likely N-dealkylation sites (tertiary alicyclic amines) is 1. The third-order valence-corrected chi connectivity index (χ3v) is 2.66. The Kier molecular flexibility index (Phi) is 3.74. The molecule has 1 aromatic heterocycles. The largest absolute Gasteiger partial charge is 0.477 e. The van der Waals surface area contributed by atoms with Gasteiger partial charge in [0.15, 0.2) is 0 Å². The first kappa shape index (κ1) is 11.6. The lowest BCUT2D eigenvalue weighted by atomic mass is 10.4. The van der Waals surface area contributed by atoms with Gasteiger partial charge in [0.2, 0.25) is 11.8 Å². The zero-order valence-corrected chi connectivity index (χ0v) is 9.63. The predicted octanol–water partition coefficient (Wildman–Crippen LogP) is 0.450. The number of anilines is 1. The molecule has 0 aliphatic carbocycles. The fourth-order valence-electron chi connectivity index (χ4n) is 1.81. The summed E-state index contributed by atoms with van der Waals surface area (Å²) in [7, 11) is 0. The number of nitrogen functional groups attached to an aromatic ring is 1. The molecule has 92 valence electrons. The van der Waals surface area contributed by atoms with E-state index in [9.17, 15) is 4.79 Å². The second kappa shape index (κ2) is 5.47. The van der Waals surface area contributed by atoms with Crippen molar-refractivity contribution in [2.75, 3.05) is 25.4 Å². The number of nitrogens with two attached hydrogens (primary N) is 1. The van der Waals surface area contributed by atoms with Crippen LogP contribution < -0.4 is 10.5 Å². The summed E-state index contributed by atoms with van der Waals surface area (Å²) >= 11 is 0. The van der Waals surface area contributed by atoms with Gasteiger partial charge < -0.3 is 15.4 Å². The summed E-state index contributed by atoms with van der Waals surface area (Å²) in [6, 6.07) is 1.58. The highest BCUT2D eigenvalue weighted by atomic mass is 16.5. The molecule has 2 rings (SSSR count). The number of carbonyl (C=O) groups excluding carboxylic acids is 1. The van der Waals surface area contributed by atoms with Gasteiger partial charge in [-0.25, -0.2) is 9.97 Å². The number of amides is 1. The van der Waals surface area contributed by atoms with E-state index in [-0.39, 0.29) is 5.91 Å². The highest BCUT2D eigenvalue weighted by Gasteiger charge is 2.18. The standard InChI is InChI=1S/C11H16N4O2/c12-9-7-10(14-8-13-9)17-6-2-5-15-4-1-3-11(15)16/h7-8H,1-6H2,(H2,12,13,14). The smallest absolute Gasteiger partial charge is 0.222 e. The van der Waals surface area contributed by atoms with Gasteiger partial charge in [-0.2, -0.15) is 0 Å². The molecule has 0 saturated carbocycles. The van der Waals surface area contributed by atoms with Crippen molar-refractivity contribution in [3.8, 4) is 5.88 Å². The molecule has 0 atom stereocenters. The lowest BCUT2D eigenvalue weighted by Gasteiger charge is -2.15. The van der Waals surface area contributed by atoms with Gasteiger partial charge in [0.25, 0.3) is 0 Å². The highest BCUT2D eigenvalue weighted by Crippen LogP contribution is 2.11. The van der Waals surface area contributed by atoms with Crippen molar-refractivity contribution in [3.63, 3.8) is 0 Å². The molecule has 1 fully saturated rings. The van der Waals surface area contributed by atoms with E-state index in [1.165, 1.54) is 6.33 Å². The van der Waals surface area contributed by atoms with E-state index < -0.39 is 0 Å². The Morgan fingerprint density at radius 3 is 3.06 bits per heavy atom. The summed E-state index contributed by atoms with van der Waals surface area (Å²) in [5.74, 6) is 1.12. The van der Waals surface area contributed by atoms with Crippen LogP contribution in [0.5, 0.6) is 5.88 Å². The molecule has 0 bridgehead atoms. The van der Waals surface area contributed by atoms with Gasteiger partial charge in [-0.15, -0.1) is 0 Å². The van der Waals surface area contributed by atoms with Crippen LogP contribution in [0.4, 0.5) is 5.82 Å². The zero-order valence-electron chi connectivity index (χ0n) is 9.63. The molecule has 17 heavy (non-hydrogen) atoms. The van der Waals surface area contributed by atoms with Gasteiger partial charge in [0, 0.05) is 25.6 Å². The maximum atomic E-state index is 11.3. The number of aromatic nitrogens is 2. The fourth-order valence-corrected chi connectivity index (χ4v) is 1.81. The van der Waals surface area contributed by atoms with Crippen LogP contribution in [0.2, 0.25) is 0 Å². The Morgan fingerprint density at radius 1 is 1.47 bits per heavy atom. The van der Waals surface area contributed by atoms with Crippen LogP contribution in [0.1, 0.15) is 19.3 Å². The summed E-state index contributed by atoms with van der Waals surface area (Å²) in [5.41, 5.74) is 5.50. The third-order valence-electron chi connectivity index (χ3n) is 2.66. The number of ether oxygens (including phenoxy) is 1. The molecular formula is C11H16N4O2. The second-order valence-electron chi connectivity index (χ2n) is 3.97. The van der Waals surface area contributed by atoms with Crippen molar-refractivity contribution in [1.29, 1.82) is 0 Å². The van der Waals surface area contributed by atoms with Crippen LogP contribution in [-0.4, -0.2) is 40.5 Å². The zero-order chi connectivity index (χ0) is 12.1. The Bertz CT molecular complexity index is 397. The Morgan fingerprint density at radius 2 is 2.35 bits per heavy atom. The molecule has 1 aliphatic rings. The first-order chi connectivity index (χ1) is 8.25. The SMILES string of the molecule is Nc1cc(OCCCN2CCCC2=O)ncn1. The van der Waals surface area contributed by atoms with E-state index in [2.05, 4.69) is 9.97 Å². The molecule has 0 unspecified atom stereocenters. The van der Waals surface area contributed by atoms with Crippen LogP contribution in [0.15, 0.2) is 12.4 Å². The van der Waals surface area contributed by atoms with Crippen molar-refractivity contribution in [1.82, 2.24) is 14.9 Å². The van der Waals surface area contributed by atoms with E-state index in [1.54, 1.807) is 6.07 Å². The Labute approximate surface area is 99.8 Å². The molecule has 0 aromatic carbocycles. The lowest BCUT2D eigenvalue weighted by molar-refractivity contribution is -0.127. The maximum absolute atomic E-state index is 11.3. The summed E-state index contributed by atoms with van der Waals surface area (Å²) in [6.07, 6.45) is 3.83. The molecule has 6 nitrogen and oxygen atoms in total. The number of rotatable bonds is 5. The second-order valence-corrected chi connectivity index (χ2v) is 3.97. The van der Waals surface area contributed by atoms with Gasteiger partial charge >= 0.3 is 0 Å². The van der Waals surface area contributed by atoms with Crippen LogP contribution in [0.25, 0.3) is 0 Å². The average Bonchev–Trinajstić information content (AvgIpc) is 2.71. The van der Waals surface area contributed by atoms with E-state index in [1.807, 2.05) is 4.90 Å². The summed E-state index contributed by atoms with van der Waals surface area (Å²) < 4.78 is 5.41. The molecule has 2 N–H and O–H groups in total. The summed E-state index contributed by atoms with van der Waals surface area (Å²) in [4.78, 5) is 20.9. The molecule has 1 saturated heterocycles. The van der Waals surface area contributed by atoms with Crippen molar-refractivity contribution in [3.05, 3.63) is 12.4 Å². The van der Waals surface area contributed by atoms with Crippen LogP contribution >= 0.6 is 0 Å². The van der Waals surface area contributed by atoms with Crippen LogP contribution in [0.3, 0.4) is 0 Å². The van der Waals surface area contributed by atoms with E-state index in [0.717, 1.165) is 25.9 Å². The first-order valence-corrected chi connectivity index (χ1v) is 5.74. The molecule has 1 aliphatic heterocycles. The van der Waals surface area contributed by atoms with E-state index in [4.69, 9.17) is 10.5 Å². The minimum atomic E-state index is 0.247. The molecule has 2 heterocycles. The van der Waals surface area contributed by atoms with Gasteiger partial charge in [-0.1, -0.05) is 0 Å². The lowest BCUT2D eigenvalue weighted by Crippen LogP contribution is -2.26. The minimum Gasteiger partial charge on any atom is -0.477 e. The normalized spacial score (nSPS) is 15.3. The molecular weight excluding hydrogens is 220 g/mol. The van der Waals surface area contributed by atoms with Crippen molar-refractivity contribution in [2.45, 2.75) is 19.3 Å². The Balaban J connectivity index is 1.68. The summed E-state index contributed by atoms with van der Waals surface area (Å²) in [5, 5.41) is 0. The van der Waals surface area contributed by atoms with Gasteiger partial charge in [-0.3, -0.25) is 4.79 Å². The number of nitrogens with zero attached hydrogens (tertiary/aromatic N) is 3.